The van der Waals surface area contributed by atoms with Gasteiger partial charge in [-0.1, -0.05) is 11.6 Å². The molecule has 0 saturated heterocycles. The van der Waals surface area contributed by atoms with E-state index in [-0.39, 0.29) is 12.4 Å². The van der Waals surface area contributed by atoms with E-state index >= 15 is 0 Å². The predicted molar refractivity (Wildman–Crippen MR) is 97.7 cm³/mol. The largest absolute Gasteiger partial charge is 0.459 e. The molecule has 1 N–H and O–H groups in total. The van der Waals surface area contributed by atoms with Gasteiger partial charge < -0.3 is 18.9 Å². The van der Waals surface area contributed by atoms with Crippen molar-refractivity contribution in [3.8, 4) is 0 Å². The van der Waals surface area contributed by atoms with Crippen molar-refractivity contribution < 1.29 is 23.2 Å². The Morgan fingerprint density at radius 3 is 2.78 bits per heavy atom. The zero-order valence-electron chi connectivity index (χ0n) is 14.6. The van der Waals surface area contributed by atoms with Crippen LogP contribution < -0.4 is 10.9 Å². The van der Waals surface area contributed by atoms with Crippen molar-refractivity contribution in [1.82, 2.24) is 5.32 Å². The summed E-state index contributed by atoms with van der Waals surface area (Å²) >= 11 is 6.13. The Kier molecular flexibility index (Phi) is 5.32. The number of hydrogen-bond acceptors (Lipinski definition) is 6. The lowest BCUT2D eigenvalue weighted by Gasteiger charge is -2.13. The highest BCUT2D eigenvalue weighted by Crippen LogP contribution is 2.25. The number of nitrogens with one attached hydrogen (secondary N) is 1. The highest BCUT2D eigenvalue weighted by atomic mass is 35.5. The smallest absolute Gasteiger partial charge is 0.336 e. The summed E-state index contributed by atoms with van der Waals surface area (Å²) in [5.41, 5.74) is 1.01. The van der Waals surface area contributed by atoms with Gasteiger partial charge in [0.25, 0.3) is 5.91 Å². The summed E-state index contributed by atoms with van der Waals surface area (Å²) in [7, 11) is 0. The number of hydrogen-bond donors (Lipinski definition) is 1. The minimum Gasteiger partial charge on any atom is -0.459 e. The van der Waals surface area contributed by atoms with Crippen molar-refractivity contribution >= 4 is 34.4 Å². The highest BCUT2D eigenvalue weighted by molar-refractivity contribution is 6.32. The molecule has 3 aromatic rings. The van der Waals surface area contributed by atoms with E-state index in [0.717, 1.165) is 5.56 Å². The number of carbonyl (C=O) groups excluding carboxylic acids is 2. The first-order valence-corrected chi connectivity index (χ1v) is 8.47. The molecule has 140 valence electrons. The van der Waals surface area contributed by atoms with Gasteiger partial charge in [-0.05, 0) is 43.7 Å². The molecule has 0 aliphatic carbocycles. The Bertz CT molecular complexity index is 1050. The molecule has 0 spiro atoms. The van der Waals surface area contributed by atoms with Crippen LogP contribution in [-0.2, 0) is 16.1 Å². The molecule has 1 aromatic carbocycles. The van der Waals surface area contributed by atoms with Gasteiger partial charge >= 0.3 is 11.6 Å². The second-order valence-corrected chi connectivity index (χ2v) is 6.38. The first-order chi connectivity index (χ1) is 12.8. The molecule has 7 nitrogen and oxygen atoms in total. The Morgan fingerprint density at radius 1 is 1.30 bits per heavy atom. The third kappa shape index (κ3) is 4.20. The van der Waals surface area contributed by atoms with E-state index in [1.54, 1.807) is 25.1 Å². The maximum Gasteiger partial charge on any atom is 0.336 e. The molecule has 0 bridgehead atoms. The van der Waals surface area contributed by atoms with Crippen molar-refractivity contribution in [3.63, 3.8) is 0 Å². The normalized spacial score (nSPS) is 12.0. The minimum atomic E-state index is -0.903. The van der Waals surface area contributed by atoms with Gasteiger partial charge in [-0.15, -0.1) is 0 Å². The molecular weight excluding hydrogens is 374 g/mol. The zero-order valence-corrected chi connectivity index (χ0v) is 15.3. The van der Waals surface area contributed by atoms with Crippen LogP contribution in [0, 0.1) is 6.92 Å². The minimum absolute atomic E-state index is 0.0892. The van der Waals surface area contributed by atoms with Gasteiger partial charge in [0, 0.05) is 22.0 Å². The van der Waals surface area contributed by atoms with Crippen LogP contribution in [0.1, 0.15) is 28.6 Å². The number of esters is 1. The Labute approximate surface area is 158 Å². The van der Waals surface area contributed by atoms with Gasteiger partial charge in [-0.25, -0.2) is 9.59 Å². The van der Waals surface area contributed by atoms with Crippen molar-refractivity contribution in [1.29, 1.82) is 0 Å². The maximum atomic E-state index is 12.2. The van der Waals surface area contributed by atoms with Gasteiger partial charge in [-0.3, -0.25) is 4.79 Å². The van der Waals surface area contributed by atoms with E-state index in [1.807, 2.05) is 0 Å². The molecule has 1 amide bonds. The quantitative estimate of drug-likeness (QED) is 0.531. The Morgan fingerprint density at radius 2 is 2.07 bits per heavy atom. The average molecular weight is 390 g/mol. The van der Waals surface area contributed by atoms with Crippen LogP contribution in [0.2, 0.25) is 5.02 Å². The summed E-state index contributed by atoms with van der Waals surface area (Å²) in [6, 6.07) is 6.69. The molecular formula is C19H16ClNO6. The molecule has 0 aliphatic rings. The van der Waals surface area contributed by atoms with Gasteiger partial charge in [0.2, 0.25) is 0 Å². The summed E-state index contributed by atoms with van der Waals surface area (Å²) < 4.78 is 15.4. The lowest BCUT2D eigenvalue weighted by atomic mass is 10.1. The third-order valence-corrected chi connectivity index (χ3v) is 4.33. The third-order valence-electron chi connectivity index (χ3n) is 3.93. The number of carbonyl (C=O) groups is 2. The first kappa shape index (κ1) is 18.7. The van der Waals surface area contributed by atoms with Crippen LogP contribution in [0.5, 0.6) is 0 Å². The van der Waals surface area contributed by atoms with E-state index in [2.05, 4.69) is 5.32 Å². The maximum absolute atomic E-state index is 12.2. The fourth-order valence-corrected chi connectivity index (χ4v) is 2.64. The molecule has 0 fully saturated rings. The number of furan rings is 1. The number of fused-ring (bicyclic) bond motifs is 1. The van der Waals surface area contributed by atoms with Crippen LogP contribution in [0.15, 0.2) is 50.2 Å². The van der Waals surface area contributed by atoms with Crippen molar-refractivity contribution in [2.75, 3.05) is 0 Å². The van der Waals surface area contributed by atoms with Crippen LogP contribution in [0.25, 0.3) is 11.0 Å². The molecule has 0 saturated carbocycles. The number of rotatable bonds is 5. The standard InChI is InChI=1S/C19H16ClNO6/c1-10-6-16-13(8-14(10)20)12(7-17(22)27-16)9-26-19(24)11(2)21-18(23)15-4-3-5-25-15/h3-8,11H,9H2,1-2H3,(H,21,23)/t11-/m0/s1. The SMILES string of the molecule is Cc1cc2oc(=O)cc(COC(=O)[C@H](C)NC(=O)c3ccco3)c2cc1Cl. The van der Waals surface area contributed by atoms with E-state index in [0.29, 0.717) is 21.6 Å². The molecule has 27 heavy (non-hydrogen) atoms. The van der Waals surface area contributed by atoms with E-state index in [4.69, 9.17) is 25.2 Å². The fraction of sp³-hybridized carbons (Fsp3) is 0.211. The van der Waals surface area contributed by atoms with Crippen LogP contribution in [0.3, 0.4) is 0 Å². The van der Waals surface area contributed by atoms with Gasteiger partial charge in [0.05, 0.1) is 6.26 Å². The summed E-state index contributed by atoms with van der Waals surface area (Å²) in [6.45, 7) is 3.11. The number of halogens is 1. The molecule has 0 aliphatic heterocycles. The average Bonchev–Trinajstić information content (AvgIpc) is 3.15. The van der Waals surface area contributed by atoms with Crippen molar-refractivity contribution in [3.05, 3.63) is 68.9 Å². The zero-order chi connectivity index (χ0) is 19.6. The highest BCUT2D eigenvalue weighted by Gasteiger charge is 2.20. The lowest BCUT2D eigenvalue weighted by Crippen LogP contribution is -2.39. The van der Waals surface area contributed by atoms with Gasteiger partial charge in [-0.2, -0.15) is 0 Å². The molecule has 0 unspecified atom stereocenters. The van der Waals surface area contributed by atoms with Gasteiger partial charge in [0.15, 0.2) is 5.76 Å². The predicted octanol–water partition coefficient (Wildman–Crippen LogP) is 3.21. The fourth-order valence-electron chi connectivity index (χ4n) is 2.48. The molecule has 1 atom stereocenters. The van der Waals surface area contributed by atoms with E-state index < -0.39 is 23.5 Å². The van der Waals surface area contributed by atoms with Gasteiger partial charge in [0.1, 0.15) is 18.2 Å². The Hall–Kier alpha value is -3.06. The van der Waals surface area contributed by atoms with Crippen LogP contribution >= 0.6 is 11.6 Å². The molecule has 0 radical (unpaired) electrons. The molecule has 2 heterocycles. The van der Waals surface area contributed by atoms with Crippen molar-refractivity contribution in [2.24, 2.45) is 0 Å². The number of amides is 1. The summed E-state index contributed by atoms with van der Waals surface area (Å²) in [5.74, 6) is -1.10. The second-order valence-electron chi connectivity index (χ2n) is 5.97. The number of ether oxygens (including phenoxy) is 1. The van der Waals surface area contributed by atoms with Crippen LogP contribution in [-0.4, -0.2) is 17.9 Å². The first-order valence-electron chi connectivity index (χ1n) is 8.09. The molecule has 3 rings (SSSR count). The molecule has 8 heteroatoms. The lowest BCUT2D eigenvalue weighted by molar-refractivity contribution is -0.146. The van der Waals surface area contributed by atoms with E-state index in [1.165, 1.54) is 25.3 Å². The number of aryl methyl sites for hydroxylation is 1. The van der Waals surface area contributed by atoms with Crippen LogP contribution in [0.4, 0.5) is 0 Å². The summed E-state index contributed by atoms with van der Waals surface area (Å²) in [5, 5.41) is 3.55. The van der Waals surface area contributed by atoms with Crippen molar-refractivity contribution in [2.45, 2.75) is 26.5 Å². The second kappa shape index (κ2) is 7.67. The number of benzene rings is 1. The van der Waals surface area contributed by atoms with E-state index in [9.17, 15) is 14.4 Å². The summed E-state index contributed by atoms with van der Waals surface area (Å²) in [4.78, 5) is 35.8. The summed E-state index contributed by atoms with van der Waals surface area (Å²) in [6.07, 6.45) is 1.36. The monoisotopic (exact) mass is 389 g/mol. The topological polar surface area (TPSA) is 98.7 Å². The Balaban J connectivity index is 1.72. The molecule has 2 aromatic heterocycles.